The van der Waals surface area contributed by atoms with E-state index in [9.17, 15) is 4.79 Å². The van der Waals surface area contributed by atoms with E-state index < -0.39 is 0 Å². The molecular weight excluding hydrogens is 220 g/mol. The molecule has 5 heteroatoms. The second kappa shape index (κ2) is 3.88. The number of carbonyl (C=O) groups excluding carboxylic acids is 1. The van der Waals surface area contributed by atoms with Gasteiger partial charge in [-0.15, -0.1) is 11.3 Å². The fourth-order valence-electron chi connectivity index (χ4n) is 1.62. The van der Waals surface area contributed by atoms with E-state index in [2.05, 4.69) is 5.32 Å². The largest absolute Gasteiger partial charge is 0.321 e. The third-order valence-corrected chi connectivity index (χ3v) is 3.61. The molecule has 0 aliphatic carbocycles. The van der Waals surface area contributed by atoms with Crippen molar-refractivity contribution in [1.82, 2.24) is 10.2 Å². The second-order valence-electron chi connectivity index (χ2n) is 3.13. The molecule has 0 spiro atoms. The van der Waals surface area contributed by atoms with Gasteiger partial charge in [0.15, 0.2) is 0 Å². The van der Waals surface area contributed by atoms with E-state index in [1.807, 2.05) is 23.3 Å². The lowest BCUT2D eigenvalue weighted by molar-refractivity contribution is -0.127. The average Bonchev–Trinajstić information content (AvgIpc) is 2.71. The highest BCUT2D eigenvalue weighted by Gasteiger charge is 2.30. The highest BCUT2D eigenvalue weighted by molar-refractivity contribution is 7.10. The third kappa shape index (κ3) is 1.65. The number of hydrogen-bond acceptors (Lipinski definition) is 3. The normalized spacial score (nSPS) is 22.0. The highest BCUT2D eigenvalue weighted by Crippen LogP contribution is 2.29. The molecule has 1 atom stereocenters. The molecule has 1 aliphatic heterocycles. The summed E-state index contributed by atoms with van der Waals surface area (Å²) in [6.07, 6.45) is 0.0185. The maximum Gasteiger partial charge on any atom is 0.238 e. The van der Waals surface area contributed by atoms with Gasteiger partial charge in [0.25, 0.3) is 0 Å². The monoisotopic (exact) mass is 230 g/mol. The van der Waals surface area contributed by atoms with Crippen molar-refractivity contribution in [2.24, 2.45) is 0 Å². The van der Waals surface area contributed by atoms with Crippen molar-refractivity contribution in [3.8, 4) is 0 Å². The van der Waals surface area contributed by atoms with Crippen LogP contribution in [0.2, 0.25) is 5.02 Å². The van der Waals surface area contributed by atoms with Gasteiger partial charge in [0.05, 0.1) is 11.6 Å². The number of amides is 1. The van der Waals surface area contributed by atoms with E-state index in [0.29, 0.717) is 6.54 Å². The van der Waals surface area contributed by atoms with Crippen molar-refractivity contribution < 1.29 is 4.79 Å². The van der Waals surface area contributed by atoms with Crippen molar-refractivity contribution in [1.29, 1.82) is 0 Å². The summed E-state index contributed by atoms with van der Waals surface area (Å²) in [7, 11) is 0. The van der Waals surface area contributed by atoms with Gasteiger partial charge >= 0.3 is 0 Å². The number of nitrogens with one attached hydrogen (secondary N) is 1. The minimum absolute atomic E-state index is 0.0185. The van der Waals surface area contributed by atoms with E-state index in [1.54, 1.807) is 11.3 Å². The molecule has 1 N–H and O–H groups in total. The highest BCUT2D eigenvalue weighted by atomic mass is 35.5. The molecule has 14 heavy (non-hydrogen) atoms. The van der Waals surface area contributed by atoms with Crippen LogP contribution in [0.1, 0.15) is 18.0 Å². The molecular formula is C9H11ClN2OS. The van der Waals surface area contributed by atoms with Crippen LogP contribution >= 0.6 is 22.9 Å². The van der Waals surface area contributed by atoms with Crippen molar-refractivity contribution in [3.05, 3.63) is 21.3 Å². The van der Waals surface area contributed by atoms with Crippen LogP contribution in [0.25, 0.3) is 0 Å². The minimum Gasteiger partial charge on any atom is -0.321 e. The molecule has 0 bridgehead atoms. The van der Waals surface area contributed by atoms with Crippen molar-refractivity contribution in [2.75, 3.05) is 13.1 Å². The molecule has 1 fully saturated rings. The SMILES string of the molecule is CCN1C(=O)CNC1c1cc(Cl)cs1. The molecule has 76 valence electrons. The summed E-state index contributed by atoms with van der Waals surface area (Å²) < 4.78 is 0. The van der Waals surface area contributed by atoms with Gasteiger partial charge in [-0.05, 0) is 13.0 Å². The maximum absolute atomic E-state index is 11.4. The van der Waals surface area contributed by atoms with Crippen LogP contribution in [-0.2, 0) is 4.79 Å². The van der Waals surface area contributed by atoms with Gasteiger partial charge in [-0.25, -0.2) is 0 Å². The van der Waals surface area contributed by atoms with Crippen LogP contribution in [0.4, 0.5) is 0 Å². The number of likely N-dealkylation sites (N-methyl/N-ethyl adjacent to an activating group) is 1. The standard InChI is InChI=1S/C9H11ClN2OS/c1-2-12-8(13)4-11-9(12)7-3-6(10)5-14-7/h3,5,9,11H,2,4H2,1H3. The first-order valence-corrected chi connectivity index (χ1v) is 5.75. The van der Waals surface area contributed by atoms with Gasteiger partial charge in [0, 0.05) is 16.8 Å². The lowest BCUT2D eigenvalue weighted by Gasteiger charge is -2.21. The van der Waals surface area contributed by atoms with Gasteiger partial charge in [-0.1, -0.05) is 11.6 Å². The molecule has 2 rings (SSSR count). The van der Waals surface area contributed by atoms with Crippen LogP contribution in [0.15, 0.2) is 11.4 Å². The molecule has 1 saturated heterocycles. The first kappa shape index (κ1) is 9.96. The molecule has 0 aromatic carbocycles. The molecule has 1 unspecified atom stereocenters. The van der Waals surface area contributed by atoms with Crippen LogP contribution in [0, 0.1) is 0 Å². The van der Waals surface area contributed by atoms with Gasteiger partial charge < -0.3 is 4.90 Å². The Labute approximate surface area is 91.7 Å². The number of nitrogens with zero attached hydrogens (tertiary/aromatic N) is 1. The fourth-order valence-corrected chi connectivity index (χ4v) is 2.79. The first-order valence-electron chi connectivity index (χ1n) is 4.49. The smallest absolute Gasteiger partial charge is 0.238 e. The molecule has 1 aromatic rings. The predicted octanol–water partition coefficient (Wildman–Crippen LogP) is 1.85. The van der Waals surface area contributed by atoms with E-state index in [-0.39, 0.29) is 12.1 Å². The van der Waals surface area contributed by atoms with Crippen LogP contribution in [0.5, 0.6) is 0 Å². The summed E-state index contributed by atoms with van der Waals surface area (Å²) in [4.78, 5) is 14.4. The topological polar surface area (TPSA) is 32.3 Å². The Balaban J connectivity index is 2.22. The summed E-state index contributed by atoms with van der Waals surface area (Å²) in [5.74, 6) is 0.155. The molecule has 3 nitrogen and oxygen atoms in total. The lowest BCUT2D eigenvalue weighted by atomic mass is 10.3. The Morgan fingerprint density at radius 3 is 3.14 bits per heavy atom. The summed E-state index contributed by atoms with van der Waals surface area (Å²) in [6, 6.07) is 1.91. The van der Waals surface area contributed by atoms with Crippen molar-refractivity contribution in [2.45, 2.75) is 13.1 Å². The average molecular weight is 231 g/mol. The molecule has 1 aliphatic rings. The minimum atomic E-state index is 0.0185. The zero-order chi connectivity index (χ0) is 10.1. The number of hydrogen-bond donors (Lipinski definition) is 1. The Morgan fingerprint density at radius 2 is 2.57 bits per heavy atom. The Bertz CT molecular complexity index is 352. The van der Waals surface area contributed by atoms with Gasteiger partial charge in [-0.3, -0.25) is 10.1 Å². The van der Waals surface area contributed by atoms with Crippen LogP contribution in [-0.4, -0.2) is 23.9 Å². The molecule has 0 radical (unpaired) electrons. The van der Waals surface area contributed by atoms with E-state index in [1.165, 1.54) is 0 Å². The van der Waals surface area contributed by atoms with E-state index in [4.69, 9.17) is 11.6 Å². The number of carbonyl (C=O) groups is 1. The first-order chi connectivity index (χ1) is 6.72. The fraction of sp³-hybridized carbons (Fsp3) is 0.444. The summed E-state index contributed by atoms with van der Waals surface area (Å²) in [5, 5.41) is 5.79. The van der Waals surface area contributed by atoms with Gasteiger partial charge in [-0.2, -0.15) is 0 Å². The van der Waals surface area contributed by atoms with Crippen LogP contribution < -0.4 is 5.32 Å². The maximum atomic E-state index is 11.4. The number of thiophene rings is 1. The third-order valence-electron chi connectivity index (χ3n) is 2.28. The summed E-state index contributed by atoms with van der Waals surface area (Å²) >= 11 is 7.42. The molecule has 1 aromatic heterocycles. The Morgan fingerprint density at radius 1 is 1.79 bits per heavy atom. The predicted molar refractivity (Wildman–Crippen MR) is 57.5 cm³/mol. The summed E-state index contributed by atoms with van der Waals surface area (Å²) in [5.41, 5.74) is 0. The Hall–Kier alpha value is -0.580. The molecule has 0 saturated carbocycles. The zero-order valence-electron chi connectivity index (χ0n) is 7.79. The quantitative estimate of drug-likeness (QED) is 0.841. The van der Waals surface area contributed by atoms with Gasteiger partial charge in [0.2, 0.25) is 5.91 Å². The van der Waals surface area contributed by atoms with Crippen molar-refractivity contribution in [3.63, 3.8) is 0 Å². The van der Waals surface area contributed by atoms with E-state index >= 15 is 0 Å². The number of halogens is 1. The lowest BCUT2D eigenvalue weighted by Crippen LogP contribution is -2.29. The van der Waals surface area contributed by atoms with E-state index in [0.717, 1.165) is 16.4 Å². The molecule has 1 amide bonds. The molecule has 2 heterocycles. The summed E-state index contributed by atoms with van der Waals surface area (Å²) in [6.45, 7) is 3.13. The van der Waals surface area contributed by atoms with Gasteiger partial charge in [0.1, 0.15) is 6.17 Å². The number of rotatable bonds is 2. The Kier molecular flexibility index (Phi) is 2.76. The van der Waals surface area contributed by atoms with Crippen molar-refractivity contribution >= 4 is 28.8 Å². The van der Waals surface area contributed by atoms with Crippen LogP contribution in [0.3, 0.4) is 0 Å². The second-order valence-corrected chi connectivity index (χ2v) is 4.51. The zero-order valence-corrected chi connectivity index (χ0v) is 9.36.